The maximum atomic E-state index is 12.3. The average molecular weight is 368 g/mol. The minimum Gasteiger partial charge on any atom is -0.379 e. The quantitative estimate of drug-likeness (QED) is 0.774. The van der Waals surface area contributed by atoms with Crippen molar-refractivity contribution in [2.45, 2.75) is 13.5 Å². The summed E-state index contributed by atoms with van der Waals surface area (Å²) < 4.78 is 5.33. The maximum Gasteiger partial charge on any atom is 0.252 e. The number of hydrogen-bond acceptors (Lipinski definition) is 5. The molecule has 0 radical (unpaired) electrons. The van der Waals surface area contributed by atoms with Crippen LogP contribution in [0.3, 0.4) is 0 Å². The van der Waals surface area contributed by atoms with Crippen molar-refractivity contribution in [1.82, 2.24) is 15.2 Å². The van der Waals surface area contributed by atoms with Crippen LogP contribution >= 0.6 is 0 Å². The largest absolute Gasteiger partial charge is 0.379 e. The smallest absolute Gasteiger partial charge is 0.252 e. The second-order valence-corrected chi connectivity index (χ2v) is 6.61. The summed E-state index contributed by atoms with van der Waals surface area (Å²) >= 11 is 0. The van der Waals surface area contributed by atoms with E-state index in [1.807, 2.05) is 30.3 Å². The minimum absolute atomic E-state index is 0.0755. The first kappa shape index (κ1) is 19.3. The molecule has 2 aromatic rings. The number of morpholine rings is 1. The molecule has 0 saturated carbocycles. The molecule has 0 unspecified atom stereocenters. The molecule has 1 N–H and O–H groups in total. The lowest BCUT2D eigenvalue weighted by Gasteiger charge is -2.26. The highest BCUT2D eigenvalue weighted by Crippen LogP contribution is 2.15. The molecule has 1 aromatic carbocycles. The average Bonchev–Trinajstić information content (AvgIpc) is 2.73. The van der Waals surface area contributed by atoms with Crippen LogP contribution < -0.4 is 10.2 Å². The molecule has 27 heavy (non-hydrogen) atoms. The molecule has 0 spiro atoms. The summed E-state index contributed by atoms with van der Waals surface area (Å²) in [5.74, 6) is 0.805. The number of anilines is 1. The van der Waals surface area contributed by atoms with Gasteiger partial charge in [0.1, 0.15) is 5.82 Å². The Morgan fingerprint density at radius 1 is 1.19 bits per heavy atom. The topological polar surface area (TPSA) is 57.7 Å². The standard InChI is InChI=1S/C21H28N4O2/c1-2-25(17-18-6-4-3-5-7-18)20-9-8-19(16-23-20)21(26)22-10-11-24-12-14-27-15-13-24/h3-9,16H,2,10-15,17H2,1H3,(H,22,26). The van der Waals surface area contributed by atoms with E-state index in [0.29, 0.717) is 12.1 Å². The van der Waals surface area contributed by atoms with Gasteiger partial charge in [0.05, 0.1) is 18.8 Å². The Kier molecular flexibility index (Phi) is 7.19. The van der Waals surface area contributed by atoms with Crippen molar-refractivity contribution in [3.05, 3.63) is 59.8 Å². The molecule has 6 heteroatoms. The Morgan fingerprint density at radius 2 is 1.96 bits per heavy atom. The van der Waals surface area contributed by atoms with E-state index in [0.717, 1.165) is 51.8 Å². The van der Waals surface area contributed by atoms with Gasteiger partial charge in [-0.3, -0.25) is 9.69 Å². The van der Waals surface area contributed by atoms with E-state index in [4.69, 9.17) is 4.74 Å². The fraction of sp³-hybridized carbons (Fsp3) is 0.429. The van der Waals surface area contributed by atoms with E-state index in [2.05, 4.69) is 39.2 Å². The van der Waals surface area contributed by atoms with Gasteiger partial charge in [-0.05, 0) is 24.6 Å². The maximum absolute atomic E-state index is 12.3. The van der Waals surface area contributed by atoms with Crippen LogP contribution in [0, 0.1) is 0 Å². The number of nitrogens with one attached hydrogen (secondary N) is 1. The zero-order chi connectivity index (χ0) is 18.9. The summed E-state index contributed by atoms with van der Waals surface area (Å²) in [6, 6.07) is 14.1. The van der Waals surface area contributed by atoms with E-state index in [9.17, 15) is 4.79 Å². The molecule has 1 aliphatic heterocycles. The third-order valence-corrected chi connectivity index (χ3v) is 4.75. The van der Waals surface area contributed by atoms with Crippen LogP contribution in [-0.2, 0) is 11.3 Å². The van der Waals surface area contributed by atoms with Gasteiger partial charge in [-0.15, -0.1) is 0 Å². The van der Waals surface area contributed by atoms with Gasteiger partial charge >= 0.3 is 0 Å². The summed E-state index contributed by atoms with van der Waals surface area (Å²) in [6.45, 7) is 8.66. The van der Waals surface area contributed by atoms with E-state index in [1.165, 1.54) is 5.56 Å². The molecular formula is C21H28N4O2. The predicted molar refractivity (Wildman–Crippen MR) is 107 cm³/mol. The van der Waals surface area contributed by atoms with Crippen molar-refractivity contribution in [2.24, 2.45) is 0 Å². The lowest BCUT2D eigenvalue weighted by molar-refractivity contribution is 0.0383. The van der Waals surface area contributed by atoms with Gasteiger partial charge in [0.15, 0.2) is 0 Å². The number of amides is 1. The molecule has 1 amide bonds. The first-order valence-electron chi connectivity index (χ1n) is 9.59. The van der Waals surface area contributed by atoms with Gasteiger partial charge in [-0.2, -0.15) is 0 Å². The number of ether oxygens (including phenoxy) is 1. The van der Waals surface area contributed by atoms with Gasteiger partial charge in [0.2, 0.25) is 0 Å². The SMILES string of the molecule is CCN(Cc1ccccc1)c1ccc(C(=O)NCCN2CCOCC2)cn1. The summed E-state index contributed by atoms with van der Waals surface area (Å²) in [5.41, 5.74) is 1.84. The van der Waals surface area contributed by atoms with Crippen LogP contribution in [0.2, 0.25) is 0 Å². The van der Waals surface area contributed by atoms with Crippen LogP contribution in [0.25, 0.3) is 0 Å². The predicted octanol–water partition coefficient (Wildman–Crippen LogP) is 2.17. The zero-order valence-electron chi connectivity index (χ0n) is 15.9. The lowest BCUT2D eigenvalue weighted by Crippen LogP contribution is -2.41. The Labute approximate surface area is 161 Å². The monoisotopic (exact) mass is 368 g/mol. The number of aromatic nitrogens is 1. The van der Waals surface area contributed by atoms with Crippen LogP contribution in [-0.4, -0.2) is 61.7 Å². The molecule has 1 saturated heterocycles. The van der Waals surface area contributed by atoms with Crippen LogP contribution in [0.4, 0.5) is 5.82 Å². The van der Waals surface area contributed by atoms with Gasteiger partial charge in [0, 0.05) is 45.5 Å². The second kappa shape index (κ2) is 10.0. The first-order valence-corrected chi connectivity index (χ1v) is 9.59. The van der Waals surface area contributed by atoms with Crippen molar-refractivity contribution < 1.29 is 9.53 Å². The van der Waals surface area contributed by atoms with Crippen molar-refractivity contribution in [1.29, 1.82) is 0 Å². The van der Waals surface area contributed by atoms with Crippen molar-refractivity contribution in [3.8, 4) is 0 Å². The van der Waals surface area contributed by atoms with E-state index in [1.54, 1.807) is 6.20 Å². The number of nitrogens with zero attached hydrogens (tertiary/aromatic N) is 3. The molecule has 144 valence electrons. The van der Waals surface area contributed by atoms with Gasteiger partial charge in [-0.25, -0.2) is 4.98 Å². The highest BCUT2D eigenvalue weighted by Gasteiger charge is 2.12. The summed E-state index contributed by atoms with van der Waals surface area (Å²) in [7, 11) is 0. The highest BCUT2D eigenvalue weighted by molar-refractivity contribution is 5.94. The van der Waals surface area contributed by atoms with E-state index in [-0.39, 0.29) is 5.91 Å². The van der Waals surface area contributed by atoms with Crippen molar-refractivity contribution in [3.63, 3.8) is 0 Å². The molecule has 1 aliphatic rings. The van der Waals surface area contributed by atoms with E-state index >= 15 is 0 Å². The van der Waals surface area contributed by atoms with Crippen molar-refractivity contribution in [2.75, 3.05) is 50.8 Å². The van der Waals surface area contributed by atoms with Crippen LogP contribution in [0.1, 0.15) is 22.8 Å². The molecule has 6 nitrogen and oxygen atoms in total. The number of pyridine rings is 1. The number of hydrogen-bond donors (Lipinski definition) is 1. The zero-order valence-corrected chi connectivity index (χ0v) is 15.9. The molecule has 0 atom stereocenters. The third-order valence-electron chi connectivity index (χ3n) is 4.75. The summed E-state index contributed by atoms with van der Waals surface area (Å²) in [5, 5.41) is 2.97. The number of carbonyl (C=O) groups is 1. The molecule has 3 rings (SSSR count). The van der Waals surface area contributed by atoms with E-state index < -0.39 is 0 Å². The lowest BCUT2D eigenvalue weighted by atomic mass is 10.2. The molecule has 1 fully saturated rings. The summed E-state index contributed by atoms with van der Waals surface area (Å²) in [6.07, 6.45) is 1.66. The number of carbonyl (C=O) groups excluding carboxylic acids is 1. The molecule has 2 heterocycles. The Morgan fingerprint density at radius 3 is 2.63 bits per heavy atom. The van der Waals surface area contributed by atoms with Gasteiger partial charge in [-0.1, -0.05) is 30.3 Å². The Hall–Kier alpha value is -2.44. The van der Waals surface area contributed by atoms with Gasteiger partial charge in [0.25, 0.3) is 5.91 Å². The molecule has 0 bridgehead atoms. The Balaban J connectivity index is 1.51. The molecular weight excluding hydrogens is 340 g/mol. The molecule has 1 aromatic heterocycles. The number of rotatable bonds is 8. The number of benzene rings is 1. The Bertz CT molecular complexity index is 700. The fourth-order valence-corrected chi connectivity index (χ4v) is 3.12. The van der Waals surface area contributed by atoms with Crippen molar-refractivity contribution >= 4 is 11.7 Å². The second-order valence-electron chi connectivity index (χ2n) is 6.61. The van der Waals surface area contributed by atoms with Gasteiger partial charge < -0.3 is 15.0 Å². The molecule has 0 aliphatic carbocycles. The van der Waals surface area contributed by atoms with Crippen LogP contribution in [0.5, 0.6) is 0 Å². The van der Waals surface area contributed by atoms with Crippen LogP contribution in [0.15, 0.2) is 48.7 Å². The normalized spacial score (nSPS) is 14.7. The first-order chi connectivity index (χ1) is 13.3. The highest BCUT2D eigenvalue weighted by atomic mass is 16.5. The fourth-order valence-electron chi connectivity index (χ4n) is 3.12. The summed E-state index contributed by atoms with van der Waals surface area (Å²) in [4.78, 5) is 21.3. The minimum atomic E-state index is -0.0755. The third kappa shape index (κ3) is 5.77.